The predicted octanol–water partition coefficient (Wildman–Crippen LogP) is 0.589. The first-order valence-corrected chi connectivity index (χ1v) is 6.26. The first kappa shape index (κ1) is 12.4. The number of hydrogen-bond acceptors (Lipinski definition) is 6. The molecule has 0 fully saturated rings. The van der Waals surface area contributed by atoms with Crippen LogP contribution in [0.1, 0.15) is 12.5 Å². The maximum atomic E-state index is 5.87. The van der Waals surface area contributed by atoms with Crippen molar-refractivity contribution in [1.82, 2.24) is 29.3 Å². The first-order chi connectivity index (χ1) is 9.67. The van der Waals surface area contributed by atoms with Gasteiger partial charge in [0, 0.05) is 18.8 Å². The largest absolute Gasteiger partial charge is 0.464 e. The fraction of sp³-hybridized carbons (Fsp3) is 0.333. The molecule has 0 amide bonds. The van der Waals surface area contributed by atoms with E-state index in [1.807, 2.05) is 24.7 Å². The first-order valence-electron chi connectivity index (χ1n) is 6.26. The van der Waals surface area contributed by atoms with Gasteiger partial charge >= 0.3 is 6.01 Å². The van der Waals surface area contributed by atoms with E-state index in [0.29, 0.717) is 30.1 Å². The summed E-state index contributed by atoms with van der Waals surface area (Å²) in [5, 5.41) is 4.14. The van der Waals surface area contributed by atoms with Crippen molar-refractivity contribution >= 4 is 17.0 Å². The second-order valence-electron chi connectivity index (χ2n) is 4.39. The number of rotatable bonds is 4. The van der Waals surface area contributed by atoms with Crippen molar-refractivity contribution < 1.29 is 4.74 Å². The molecule has 8 nitrogen and oxygen atoms in total. The van der Waals surface area contributed by atoms with Gasteiger partial charge in [-0.15, -0.1) is 0 Å². The second-order valence-corrected chi connectivity index (χ2v) is 4.39. The minimum atomic E-state index is 0.269. The van der Waals surface area contributed by atoms with Crippen molar-refractivity contribution in [3.63, 3.8) is 0 Å². The molecule has 3 heterocycles. The summed E-state index contributed by atoms with van der Waals surface area (Å²) in [5.74, 6) is 0.323. The van der Waals surface area contributed by atoms with Crippen molar-refractivity contribution in [2.45, 2.75) is 13.5 Å². The molecule has 0 aliphatic rings. The molecule has 20 heavy (non-hydrogen) atoms. The highest BCUT2D eigenvalue weighted by atomic mass is 16.5. The molecule has 2 N–H and O–H groups in total. The summed E-state index contributed by atoms with van der Waals surface area (Å²) >= 11 is 0. The Labute approximate surface area is 115 Å². The Bertz CT molecular complexity index is 745. The lowest BCUT2D eigenvalue weighted by molar-refractivity contribution is 0.314. The number of nitrogens with zero attached hydrogens (tertiary/aromatic N) is 6. The normalized spacial score (nSPS) is 11.1. The topological polar surface area (TPSA) is 96.7 Å². The van der Waals surface area contributed by atoms with Crippen molar-refractivity contribution in [2.24, 2.45) is 7.05 Å². The third kappa shape index (κ3) is 2.15. The van der Waals surface area contributed by atoms with Crippen LogP contribution in [0.15, 0.2) is 18.7 Å². The van der Waals surface area contributed by atoms with Gasteiger partial charge in [-0.25, -0.2) is 4.98 Å². The van der Waals surface area contributed by atoms with Crippen molar-refractivity contribution in [2.75, 3.05) is 12.3 Å². The van der Waals surface area contributed by atoms with Crippen LogP contribution in [0.4, 0.5) is 5.82 Å². The fourth-order valence-corrected chi connectivity index (χ4v) is 2.00. The number of aromatic nitrogens is 6. The van der Waals surface area contributed by atoms with E-state index < -0.39 is 0 Å². The Morgan fingerprint density at radius 2 is 2.20 bits per heavy atom. The van der Waals surface area contributed by atoms with Crippen LogP contribution in [0.5, 0.6) is 6.01 Å². The van der Waals surface area contributed by atoms with E-state index in [1.54, 1.807) is 17.2 Å². The van der Waals surface area contributed by atoms with Gasteiger partial charge in [0.25, 0.3) is 0 Å². The molecule has 3 rings (SSSR count). The monoisotopic (exact) mass is 273 g/mol. The molecule has 0 saturated heterocycles. The molecule has 8 heteroatoms. The molecule has 0 aliphatic heterocycles. The minimum Gasteiger partial charge on any atom is -0.464 e. The predicted molar refractivity (Wildman–Crippen MR) is 73.2 cm³/mol. The lowest BCUT2D eigenvalue weighted by Gasteiger charge is -2.04. The number of fused-ring (bicyclic) bond motifs is 1. The molecular weight excluding hydrogens is 258 g/mol. The molecule has 0 aromatic carbocycles. The van der Waals surface area contributed by atoms with Crippen molar-refractivity contribution in [3.8, 4) is 6.01 Å². The van der Waals surface area contributed by atoms with Gasteiger partial charge in [-0.3, -0.25) is 4.68 Å². The van der Waals surface area contributed by atoms with E-state index >= 15 is 0 Å². The molecule has 0 radical (unpaired) electrons. The Morgan fingerprint density at radius 3 is 2.90 bits per heavy atom. The van der Waals surface area contributed by atoms with E-state index in [2.05, 4.69) is 20.1 Å². The molecule has 3 aromatic rings. The average Bonchev–Trinajstić information content (AvgIpc) is 2.98. The van der Waals surface area contributed by atoms with Crippen LogP contribution in [-0.2, 0) is 13.6 Å². The van der Waals surface area contributed by atoms with Crippen LogP contribution in [0.3, 0.4) is 0 Å². The summed E-state index contributed by atoms with van der Waals surface area (Å²) in [5.41, 5.74) is 8.17. The van der Waals surface area contributed by atoms with Crippen LogP contribution in [0.25, 0.3) is 11.2 Å². The van der Waals surface area contributed by atoms with Crippen LogP contribution in [-0.4, -0.2) is 35.9 Å². The molecule has 3 aromatic heterocycles. The highest BCUT2D eigenvalue weighted by Gasteiger charge is 2.12. The Kier molecular flexibility index (Phi) is 2.97. The number of nitrogen functional groups attached to an aromatic ring is 1. The lowest BCUT2D eigenvalue weighted by Crippen LogP contribution is -2.04. The number of anilines is 1. The summed E-state index contributed by atoms with van der Waals surface area (Å²) in [7, 11) is 1.88. The van der Waals surface area contributed by atoms with Crippen LogP contribution in [0.2, 0.25) is 0 Å². The SMILES string of the molecule is CCOc1nc(N)c2ncn(Cc3cnn(C)c3)c2n1. The fourth-order valence-electron chi connectivity index (χ4n) is 2.00. The molecule has 0 aliphatic carbocycles. The van der Waals surface area contributed by atoms with E-state index in [0.717, 1.165) is 5.56 Å². The maximum absolute atomic E-state index is 5.87. The highest BCUT2D eigenvalue weighted by molar-refractivity contribution is 5.81. The van der Waals surface area contributed by atoms with Crippen LogP contribution in [0, 0.1) is 0 Å². The van der Waals surface area contributed by atoms with Gasteiger partial charge in [-0.05, 0) is 6.92 Å². The van der Waals surface area contributed by atoms with Gasteiger partial charge in [-0.1, -0.05) is 0 Å². The van der Waals surface area contributed by atoms with Crippen LogP contribution < -0.4 is 10.5 Å². The third-order valence-corrected chi connectivity index (χ3v) is 2.86. The zero-order valence-electron chi connectivity index (χ0n) is 11.3. The Balaban J connectivity index is 2.02. The number of imidazole rings is 1. The second kappa shape index (κ2) is 4.80. The standard InChI is InChI=1S/C12H15N7O/c1-3-20-12-16-10(13)9-11(17-12)19(7-14-9)6-8-4-15-18(2)5-8/h4-5,7H,3,6H2,1-2H3,(H2,13,16,17). The van der Waals surface area contributed by atoms with E-state index in [9.17, 15) is 0 Å². The van der Waals surface area contributed by atoms with Gasteiger partial charge < -0.3 is 15.0 Å². The zero-order chi connectivity index (χ0) is 14.1. The summed E-state index contributed by atoms with van der Waals surface area (Å²) in [4.78, 5) is 12.7. The number of nitrogens with two attached hydrogens (primary N) is 1. The molecule has 0 unspecified atom stereocenters. The van der Waals surface area contributed by atoms with Crippen molar-refractivity contribution in [1.29, 1.82) is 0 Å². The number of hydrogen-bond donors (Lipinski definition) is 1. The summed E-state index contributed by atoms with van der Waals surface area (Å²) in [6.07, 6.45) is 5.44. The van der Waals surface area contributed by atoms with Gasteiger partial charge in [0.2, 0.25) is 0 Å². The summed E-state index contributed by atoms with van der Waals surface area (Å²) < 4.78 is 8.96. The van der Waals surface area contributed by atoms with E-state index in [4.69, 9.17) is 10.5 Å². The summed E-state index contributed by atoms with van der Waals surface area (Å²) in [6.45, 7) is 2.98. The Hall–Kier alpha value is -2.64. The molecule has 104 valence electrons. The quantitative estimate of drug-likeness (QED) is 0.747. The minimum absolute atomic E-state index is 0.269. The van der Waals surface area contributed by atoms with Gasteiger partial charge in [0.1, 0.15) is 0 Å². The molecule has 0 saturated carbocycles. The lowest BCUT2D eigenvalue weighted by atomic mass is 10.3. The molecular formula is C12H15N7O. The third-order valence-electron chi connectivity index (χ3n) is 2.86. The van der Waals surface area contributed by atoms with Gasteiger partial charge in [0.15, 0.2) is 17.0 Å². The zero-order valence-corrected chi connectivity index (χ0v) is 11.3. The van der Waals surface area contributed by atoms with E-state index in [-0.39, 0.29) is 6.01 Å². The summed E-state index contributed by atoms with van der Waals surface area (Å²) in [6, 6.07) is 0.269. The molecule has 0 spiro atoms. The Morgan fingerprint density at radius 1 is 1.35 bits per heavy atom. The van der Waals surface area contributed by atoms with Crippen molar-refractivity contribution in [3.05, 3.63) is 24.3 Å². The number of ether oxygens (including phenoxy) is 1. The molecule has 0 bridgehead atoms. The van der Waals surface area contributed by atoms with Gasteiger partial charge in [0.05, 0.1) is 25.7 Å². The van der Waals surface area contributed by atoms with Crippen LogP contribution >= 0.6 is 0 Å². The maximum Gasteiger partial charge on any atom is 0.320 e. The van der Waals surface area contributed by atoms with Gasteiger partial charge in [-0.2, -0.15) is 15.1 Å². The molecule has 0 atom stereocenters. The average molecular weight is 273 g/mol. The highest BCUT2D eigenvalue weighted by Crippen LogP contribution is 2.20. The van der Waals surface area contributed by atoms with E-state index in [1.165, 1.54) is 0 Å². The smallest absolute Gasteiger partial charge is 0.320 e. The number of aryl methyl sites for hydroxylation is 1.